The van der Waals surface area contributed by atoms with Gasteiger partial charge in [0.25, 0.3) is 0 Å². The molecule has 5 heteroatoms. The summed E-state index contributed by atoms with van der Waals surface area (Å²) in [5, 5.41) is 7.66. The zero-order chi connectivity index (χ0) is 16.2. The number of likely N-dealkylation sites (tertiary alicyclic amines) is 1. The second-order valence-corrected chi connectivity index (χ2v) is 8.22. The molecular formula is C18H24N2OS2. The molecule has 1 amide bonds. The van der Waals surface area contributed by atoms with E-state index in [2.05, 4.69) is 36.1 Å². The van der Waals surface area contributed by atoms with E-state index in [9.17, 15) is 4.79 Å². The van der Waals surface area contributed by atoms with Gasteiger partial charge >= 0.3 is 0 Å². The van der Waals surface area contributed by atoms with E-state index in [0.717, 1.165) is 32.4 Å². The van der Waals surface area contributed by atoms with Gasteiger partial charge in [0.2, 0.25) is 5.91 Å². The second-order valence-electron chi connectivity index (χ2n) is 6.55. The molecule has 1 fully saturated rings. The summed E-state index contributed by atoms with van der Waals surface area (Å²) in [6, 6.07) is 2.11. The van der Waals surface area contributed by atoms with E-state index < -0.39 is 0 Å². The zero-order valence-corrected chi connectivity index (χ0v) is 15.5. The lowest BCUT2D eigenvalue weighted by Gasteiger charge is -2.31. The molecule has 2 aromatic heterocycles. The van der Waals surface area contributed by atoms with Crippen molar-refractivity contribution >= 4 is 28.6 Å². The number of carbonyl (C=O) groups is 1. The van der Waals surface area contributed by atoms with Gasteiger partial charge in [0.05, 0.1) is 10.7 Å². The minimum atomic E-state index is 0.302. The van der Waals surface area contributed by atoms with Gasteiger partial charge in [-0.15, -0.1) is 11.3 Å². The Kier molecular flexibility index (Phi) is 5.49. The van der Waals surface area contributed by atoms with Crippen molar-refractivity contribution in [2.24, 2.45) is 0 Å². The molecule has 0 radical (unpaired) electrons. The highest BCUT2D eigenvalue weighted by atomic mass is 32.1. The summed E-state index contributed by atoms with van der Waals surface area (Å²) >= 11 is 3.49. The lowest BCUT2D eigenvalue weighted by atomic mass is 9.97. The van der Waals surface area contributed by atoms with Crippen molar-refractivity contribution in [3.63, 3.8) is 0 Å². The normalized spacial score (nSPS) is 16.2. The van der Waals surface area contributed by atoms with E-state index in [1.807, 2.05) is 4.90 Å². The van der Waals surface area contributed by atoms with Gasteiger partial charge in [-0.25, -0.2) is 4.98 Å². The highest BCUT2D eigenvalue weighted by Gasteiger charge is 2.25. The molecule has 1 saturated heterocycles. The number of thiophene rings is 1. The van der Waals surface area contributed by atoms with Crippen LogP contribution in [0.2, 0.25) is 0 Å². The molecule has 1 aliphatic heterocycles. The van der Waals surface area contributed by atoms with E-state index in [0.29, 0.717) is 24.2 Å². The van der Waals surface area contributed by atoms with Crippen LogP contribution in [0.1, 0.15) is 61.2 Å². The molecule has 3 rings (SSSR count). The summed E-state index contributed by atoms with van der Waals surface area (Å²) in [5.74, 6) is 1.34. The first-order chi connectivity index (χ1) is 11.1. The monoisotopic (exact) mass is 348 g/mol. The van der Waals surface area contributed by atoms with Crippen molar-refractivity contribution < 1.29 is 4.79 Å². The SMILES string of the molecule is CC(C)c1csc(C2CCN(C(=O)CCc3ccsc3)CC2)n1. The standard InChI is InChI=1S/C18H24N2OS2/c1-13(2)16-12-23-18(19-16)15-5-8-20(9-6-15)17(21)4-3-14-7-10-22-11-14/h7,10-13,15H,3-6,8-9H2,1-2H3. The molecule has 2 aromatic rings. The Labute approximate surface area is 146 Å². The van der Waals surface area contributed by atoms with E-state index in [4.69, 9.17) is 4.98 Å². The van der Waals surface area contributed by atoms with Crippen molar-refractivity contribution in [3.8, 4) is 0 Å². The van der Waals surface area contributed by atoms with Crippen LogP contribution in [0.25, 0.3) is 0 Å². The van der Waals surface area contributed by atoms with E-state index >= 15 is 0 Å². The molecule has 0 aliphatic carbocycles. The lowest BCUT2D eigenvalue weighted by molar-refractivity contribution is -0.132. The maximum atomic E-state index is 12.3. The number of nitrogens with zero attached hydrogens (tertiary/aromatic N) is 2. The van der Waals surface area contributed by atoms with Crippen LogP contribution in [0.4, 0.5) is 0 Å². The number of piperidine rings is 1. The topological polar surface area (TPSA) is 33.2 Å². The maximum Gasteiger partial charge on any atom is 0.222 e. The van der Waals surface area contributed by atoms with Crippen LogP contribution in [0.15, 0.2) is 22.2 Å². The van der Waals surface area contributed by atoms with Gasteiger partial charge in [0, 0.05) is 30.8 Å². The lowest BCUT2D eigenvalue weighted by Crippen LogP contribution is -2.38. The van der Waals surface area contributed by atoms with E-state index in [-0.39, 0.29) is 0 Å². The van der Waals surface area contributed by atoms with Crippen LogP contribution in [0, 0.1) is 0 Å². The van der Waals surface area contributed by atoms with Crippen molar-refractivity contribution in [1.82, 2.24) is 9.88 Å². The number of amides is 1. The number of carbonyl (C=O) groups excluding carboxylic acids is 1. The molecule has 3 heterocycles. The zero-order valence-electron chi connectivity index (χ0n) is 13.8. The molecule has 124 valence electrons. The van der Waals surface area contributed by atoms with Gasteiger partial charge in [0.1, 0.15) is 0 Å². The fourth-order valence-corrected chi connectivity index (χ4v) is 4.83. The highest BCUT2D eigenvalue weighted by molar-refractivity contribution is 7.09. The average Bonchev–Trinajstić information content (AvgIpc) is 3.24. The van der Waals surface area contributed by atoms with Gasteiger partial charge in [-0.05, 0) is 47.6 Å². The minimum Gasteiger partial charge on any atom is -0.343 e. The Balaban J connectivity index is 1.48. The predicted octanol–water partition coefficient (Wildman–Crippen LogP) is 4.67. The van der Waals surface area contributed by atoms with Crippen LogP contribution in [0.5, 0.6) is 0 Å². The number of aromatic nitrogens is 1. The summed E-state index contributed by atoms with van der Waals surface area (Å²) in [4.78, 5) is 19.2. The molecule has 0 atom stereocenters. The predicted molar refractivity (Wildman–Crippen MR) is 97.4 cm³/mol. The number of aryl methyl sites for hydroxylation is 1. The van der Waals surface area contributed by atoms with Gasteiger partial charge in [0.15, 0.2) is 0 Å². The molecule has 23 heavy (non-hydrogen) atoms. The fraction of sp³-hybridized carbons (Fsp3) is 0.556. The molecule has 0 saturated carbocycles. The summed E-state index contributed by atoms with van der Waals surface area (Å²) < 4.78 is 0. The molecule has 0 bridgehead atoms. The average molecular weight is 349 g/mol. The van der Waals surface area contributed by atoms with Crippen molar-refractivity contribution in [2.45, 2.75) is 51.4 Å². The quantitative estimate of drug-likeness (QED) is 0.787. The van der Waals surface area contributed by atoms with Gasteiger partial charge in [-0.2, -0.15) is 11.3 Å². The Morgan fingerprint density at radius 3 is 2.74 bits per heavy atom. The molecule has 1 aliphatic rings. The smallest absolute Gasteiger partial charge is 0.222 e. The Morgan fingerprint density at radius 2 is 2.13 bits per heavy atom. The Morgan fingerprint density at radius 1 is 1.35 bits per heavy atom. The van der Waals surface area contributed by atoms with Crippen LogP contribution in [0.3, 0.4) is 0 Å². The first-order valence-corrected chi connectivity index (χ1v) is 10.2. The molecule has 0 spiro atoms. The summed E-state index contributed by atoms with van der Waals surface area (Å²) in [5.41, 5.74) is 2.49. The first kappa shape index (κ1) is 16.7. The minimum absolute atomic E-state index is 0.302. The first-order valence-electron chi connectivity index (χ1n) is 8.37. The maximum absolute atomic E-state index is 12.3. The molecule has 3 nitrogen and oxygen atoms in total. The number of hydrogen-bond acceptors (Lipinski definition) is 4. The third-order valence-electron chi connectivity index (χ3n) is 4.54. The second kappa shape index (κ2) is 7.58. The summed E-state index contributed by atoms with van der Waals surface area (Å²) in [7, 11) is 0. The molecular weight excluding hydrogens is 324 g/mol. The largest absolute Gasteiger partial charge is 0.343 e. The van der Waals surface area contributed by atoms with Gasteiger partial charge < -0.3 is 4.90 Å². The highest BCUT2D eigenvalue weighted by Crippen LogP contribution is 2.32. The van der Waals surface area contributed by atoms with Crippen LogP contribution < -0.4 is 0 Å². The summed E-state index contributed by atoms with van der Waals surface area (Å²) in [6.07, 6.45) is 3.60. The van der Waals surface area contributed by atoms with Crippen molar-refractivity contribution in [3.05, 3.63) is 38.5 Å². The molecule has 0 aromatic carbocycles. The Hall–Kier alpha value is -1.20. The molecule has 0 unspecified atom stereocenters. The van der Waals surface area contributed by atoms with E-state index in [1.165, 1.54) is 16.3 Å². The van der Waals surface area contributed by atoms with Gasteiger partial charge in [-0.1, -0.05) is 13.8 Å². The number of rotatable bonds is 5. The molecule has 0 N–H and O–H groups in total. The number of thiazole rings is 1. The fourth-order valence-electron chi connectivity index (χ4n) is 2.97. The third-order valence-corrected chi connectivity index (χ3v) is 6.29. The van der Waals surface area contributed by atoms with Crippen LogP contribution >= 0.6 is 22.7 Å². The Bertz CT molecular complexity index is 625. The van der Waals surface area contributed by atoms with Crippen LogP contribution in [-0.4, -0.2) is 28.9 Å². The van der Waals surface area contributed by atoms with E-state index in [1.54, 1.807) is 22.7 Å². The third kappa shape index (κ3) is 4.21. The van der Waals surface area contributed by atoms with Crippen molar-refractivity contribution in [1.29, 1.82) is 0 Å². The van der Waals surface area contributed by atoms with Crippen molar-refractivity contribution in [2.75, 3.05) is 13.1 Å². The number of hydrogen-bond donors (Lipinski definition) is 0. The summed E-state index contributed by atoms with van der Waals surface area (Å²) in [6.45, 7) is 6.13. The van der Waals surface area contributed by atoms with Crippen LogP contribution in [-0.2, 0) is 11.2 Å². The van der Waals surface area contributed by atoms with Gasteiger partial charge in [-0.3, -0.25) is 4.79 Å².